The normalized spacial score (nSPS) is 10.1. The van der Waals surface area contributed by atoms with Crippen molar-refractivity contribution in [2.45, 2.75) is 13.2 Å². The lowest BCUT2D eigenvalue weighted by Crippen LogP contribution is -2.04. The maximum Gasteiger partial charge on any atom is 0.138 e. The quantitative estimate of drug-likeness (QED) is 0.930. The van der Waals surface area contributed by atoms with E-state index in [0.717, 1.165) is 10.0 Å². The molecule has 2 N–H and O–H groups in total. The fourth-order valence-electron chi connectivity index (χ4n) is 1.76. The molecule has 0 heterocycles. The van der Waals surface area contributed by atoms with Crippen LogP contribution in [0.4, 0.5) is 4.39 Å². The number of para-hydroxylation sites is 1. The molecule has 0 aliphatic heterocycles. The van der Waals surface area contributed by atoms with Crippen LogP contribution < -0.4 is 10.5 Å². The number of benzene rings is 2. The van der Waals surface area contributed by atoms with Gasteiger partial charge >= 0.3 is 0 Å². The van der Waals surface area contributed by atoms with Gasteiger partial charge in [0.1, 0.15) is 18.2 Å². The van der Waals surface area contributed by atoms with Crippen LogP contribution in [0.5, 0.6) is 5.75 Å². The summed E-state index contributed by atoms with van der Waals surface area (Å²) < 4.78 is 20.2. The van der Waals surface area contributed by atoms with Gasteiger partial charge < -0.3 is 10.5 Å². The van der Waals surface area contributed by atoms with Gasteiger partial charge in [-0.15, -0.1) is 0 Å². The van der Waals surface area contributed by atoms with E-state index < -0.39 is 5.82 Å². The number of nitriles is 1. The van der Waals surface area contributed by atoms with Crippen LogP contribution in [0.25, 0.3) is 0 Å². The summed E-state index contributed by atoms with van der Waals surface area (Å²) in [7, 11) is 0. The van der Waals surface area contributed by atoms with E-state index in [1.54, 1.807) is 12.1 Å². The number of hydrogen-bond donors (Lipinski definition) is 1. The molecule has 0 spiro atoms. The van der Waals surface area contributed by atoms with Crippen LogP contribution in [0, 0.1) is 17.1 Å². The van der Waals surface area contributed by atoms with Crippen molar-refractivity contribution in [1.29, 1.82) is 5.26 Å². The van der Waals surface area contributed by atoms with Gasteiger partial charge in [0, 0.05) is 17.7 Å². The van der Waals surface area contributed by atoms with Gasteiger partial charge in [0.2, 0.25) is 0 Å². The van der Waals surface area contributed by atoms with Crippen molar-refractivity contribution in [3.8, 4) is 11.8 Å². The number of nitrogens with two attached hydrogens (primary N) is 1. The summed E-state index contributed by atoms with van der Waals surface area (Å²) in [6.45, 7) is 0.414. The molecule has 0 radical (unpaired) electrons. The second-order valence-corrected chi connectivity index (χ2v) is 4.99. The van der Waals surface area contributed by atoms with Crippen molar-refractivity contribution in [2.24, 2.45) is 5.73 Å². The predicted molar refractivity (Wildman–Crippen MR) is 77.5 cm³/mol. The zero-order valence-corrected chi connectivity index (χ0v) is 12.2. The number of hydrogen-bond acceptors (Lipinski definition) is 3. The standard InChI is InChI=1S/C15H12BrFN2O/c16-13-3-1-2-11(8-19)15(13)20-9-12-5-4-10(7-18)6-14(12)17/h1-6H,8-9,19H2. The van der Waals surface area contributed by atoms with Gasteiger partial charge in [-0.1, -0.05) is 18.2 Å². The van der Waals surface area contributed by atoms with Crippen LogP contribution in [-0.4, -0.2) is 0 Å². The molecule has 0 bridgehead atoms. The molecular formula is C15H12BrFN2O. The molecule has 102 valence electrons. The van der Waals surface area contributed by atoms with Crippen molar-refractivity contribution in [3.63, 3.8) is 0 Å². The first kappa shape index (κ1) is 14.5. The molecule has 0 saturated carbocycles. The highest BCUT2D eigenvalue weighted by Crippen LogP contribution is 2.29. The van der Waals surface area contributed by atoms with Gasteiger partial charge in [-0.2, -0.15) is 5.26 Å². The first-order chi connectivity index (χ1) is 9.65. The first-order valence-corrected chi connectivity index (χ1v) is 6.73. The topological polar surface area (TPSA) is 59.0 Å². The highest BCUT2D eigenvalue weighted by atomic mass is 79.9. The van der Waals surface area contributed by atoms with Crippen LogP contribution in [0.3, 0.4) is 0 Å². The lowest BCUT2D eigenvalue weighted by molar-refractivity contribution is 0.295. The minimum atomic E-state index is -0.453. The number of halogens is 2. The minimum absolute atomic E-state index is 0.0765. The maximum atomic E-state index is 13.8. The Bertz CT molecular complexity index is 667. The Kier molecular flexibility index (Phi) is 4.72. The molecule has 0 fully saturated rings. The molecule has 0 saturated heterocycles. The summed E-state index contributed by atoms with van der Waals surface area (Å²) in [5, 5.41) is 8.70. The van der Waals surface area contributed by atoms with E-state index in [9.17, 15) is 4.39 Å². The second-order valence-electron chi connectivity index (χ2n) is 4.14. The molecule has 0 amide bonds. The molecule has 3 nitrogen and oxygen atoms in total. The SMILES string of the molecule is N#Cc1ccc(COc2c(Br)cccc2CN)c(F)c1. The van der Waals surface area contributed by atoms with Gasteiger partial charge in [0.15, 0.2) is 0 Å². The van der Waals surface area contributed by atoms with Crippen molar-refractivity contribution in [3.05, 3.63) is 63.4 Å². The molecule has 2 aromatic carbocycles. The lowest BCUT2D eigenvalue weighted by Gasteiger charge is -2.12. The van der Waals surface area contributed by atoms with Crippen LogP contribution in [0.1, 0.15) is 16.7 Å². The lowest BCUT2D eigenvalue weighted by atomic mass is 10.1. The average Bonchev–Trinajstić information content (AvgIpc) is 2.46. The van der Waals surface area contributed by atoms with Crippen LogP contribution >= 0.6 is 15.9 Å². The molecule has 2 aromatic rings. The third kappa shape index (κ3) is 3.16. The summed E-state index contributed by atoms with van der Waals surface area (Å²) >= 11 is 3.39. The van der Waals surface area contributed by atoms with Crippen molar-refractivity contribution in [2.75, 3.05) is 0 Å². The largest absolute Gasteiger partial charge is 0.487 e. The summed E-state index contributed by atoms with van der Waals surface area (Å²) in [5.74, 6) is 0.157. The zero-order chi connectivity index (χ0) is 14.5. The van der Waals surface area contributed by atoms with Crippen LogP contribution in [0.2, 0.25) is 0 Å². The Morgan fingerprint density at radius 1 is 1.25 bits per heavy atom. The summed E-state index contributed by atoms with van der Waals surface area (Å²) in [5.41, 5.74) is 7.16. The Morgan fingerprint density at radius 3 is 2.70 bits per heavy atom. The van der Waals surface area contributed by atoms with E-state index in [1.165, 1.54) is 6.07 Å². The van der Waals surface area contributed by atoms with Gasteiger partial charge in [-0.05, 0) is 34.1 Å². The van der Waals surface area contributed by atoms with Gasteiger partial charge in [0.05, 0.1) is 16.1 Å². The Balaban J connectivity index is 2.19. The molecule has 2 rings (SSSR count). The van der Waals surface area contributed by atoms with E-state index in [0.29, 0.717) is 17.9 Å². The third-order valence-corrected chi connectivity index (χ3v) is 3.45. The Morgan fingerprint density at radius 2 is 2.05 bits per heavy atom. The van der Waals surface area contributed by atoms with Gasteiger partial charge in [-0.3, -0.25) is 0 Å². The molecule has 0 aromatic heterocycles. The fraction of sp³-hybridized carbons (Fsp3) is 0.133. The van der Waals surface area contributed by atoms with E-state index in [1.807, 2.05) is 24.3 Å². The Labute approximate surface area is 124 Å². The highest BCUT2D eigenvalue weighted by Gasteiger charge is 2.09. The molecular weight excluding hydrogens is 323 g/mol. The molecule has 0 atom stereocenters. The van der Waals surface area contributed by atoms with E-state index in [2.05, 4.69) is 15.9 Å². The third-order valence-electron chi connectivity index (χ3n) is 2.82. The molecule has 20 heavy (non-hydrogen) atoms. The van der Waals surface area contributed by atoms with Crippen LogP contribution in [0.15, 0.2) is 40.9 Å². The van der Waals surface area contributed by atoms with E-state index >= 15 is 0 Å². The van der Waals surface area contributed by atoms with E-state index in [4.69, 9.17) is 15.7 Å². The van der Waals surface area contributed by atoms with Crippen molar-refractivity contribution >= 4 is 15.9 Å². The monoisotopic (exact) mass is 334 g/mol. The predicted octanol–water partition coefficient (Wildman–Crippen LogP) is 3.50. The molecule has 5 heteroatoms. The molecule has 0 aliphatic carbocycles. The van der Waals surface area contributed by atoms with Crippen molar-refractivity contribution < 1.29 is 9.13 Å². The fourth-order valence-corrected chi connectivity index (χ4v) is 2.28. The number of nitrogens with zero attached hydrogens (tertiary/aromatic N) is 1. The second kappa shape index (κ2) is 6.51. The van der Waals surface area contributed by atoms with Gasteiger partial charge in [-0.25, -0.2) is 4.39 Å². The van der Waals surface area contributed by atoms with Crippen molar-refractivity contribution in [1.82, 2.24) is 0 Å². The number of rotatable bonds is 4. The highest BCUT2D eigenvalue weighted by molar-refractivity contribution is 9.10. The molecule has 0 aliphatic rings. The summed E-state index contributed by atoms with van der Waals surface area (Å²) in [4.78, 5) is 0. The Hall–Kier alpha value is -1.90. The van der Waals surface area contributed by atoms with E-state index in [-0.39, 0.29) is 12.2 Å². The zero-order valence-electron chi connectivity index (χ0n) is 10.6. The summed E-state index contributed by atoms with van der Waals surface area (Å²) in [6, 6.07) is 11.8. The average molecular weight is 335 g/mol. The maximum absolute atomic E-state index is 13.8. The summed E-state index contributed by atoms with van der Waals surface area (Å²) in [6.07, 6.45) is 0. The first-order valence-electron chi connectivity index (χ1n) is 5.94. The number of ether oxygens (including phenoxy) is 1. The smallest absolute Gasteiger partial charge is 0.138 e. The van der Waals surface area contributed by atoms with Crippen LogP contribution in [-0.2, 0) is 13.2 Å². The minimum Gasteiger partial charge on any atom is -0.487 e. The van der Waals surface area contributed by atoms with Gasteiger partial charge in [0.25, 0.3) is 0 Å². The molecule has 0 unspecified atom stereocenters.